The highest BCUT2D eigenvalue weighted by molar-refractivity contribution is 7.89. The number of hydrogen-bond donors (Lipinski definition) is 1. The quantitative estimate of drug-likeness (QED) is 0.683. The predicted molar refractivity (Wildman–Crippen MR) is 93.9 cm³/mol. The Kier molecular flexibility index (Phi) is 6.96. The Hall–Kier alpha value is -2.24. The van der Waals surface area contributed by atoms with Crippen molar-refractivity contribution in [2.24, 2.45) is 0 Å². The van der Waals surface area contributed by atoms with Crippen molar-refractivity contribution < 1.29 is 35.9 Å². The van der Waals surface area contributed by atoms with E-state index in [1.807, 2.05) is 0 Å². The van der Waals surface area contributed by atoms with Gasteiger partial charge in [0.1, 0.15) is 23.2 Å². The van der Waals surface area contributed by atoms with Gasteiger partial charge in [-0.25, -0.2) is 22.5 Å². The maximum Gasteiger partial charge on any atom is 0.388 e. The van der Waals surface area contributed by atoms with Crippen LogP contribution >= 0.6 is 23.2 Å². The zero-order valence-corrected chi connectivity index (χ0v) is 16.2. The first-order chi connectivity index (χ1) is 13.0. The number of sulfonamides is 1. The minimum atomic E-state index is -3.88. The molecule has 152 valence electrons. The molecule has 0 aliphatic carbocycles. The van der Waals surface area contributed by atoms with Crippen LogP contribution < -0.4 is 14.2 Å². The third kappa shape index (κ3) is 6.14. The number of hydrogen-bond acceptors (Lipinski definition) is 6. The molecule has 0 radical (unpaired) electrons. The molecule has 1 aromatic heterocycles. The van der Waals surface area contributed by atoms with Crippen LogP contribution in [0.5, 0.6) is 11.6 Å². The molecule has 0 fully saturated rings. The summed E-state index contributed by atoms with van der Waals surface area (Å²) in [5.74, 6) is -2.64. The standard InChI is InChI=1S/C15H11Cl2F3N2O5S/c1-28(24,25)22-13(23)9-4-10(16)7(2-12(9)18)6-26-8-3-11(17)14(21-5-8)27-15(19)20/h2-5,15H,6H2,1H3,(H,22,23). The maximum atomic E-state index is 14.1. The average Bonchev–Trinajstić information content (AvgIpc) is 2.55. The second-order valence-corrected chi connectivity index (χ2v) is 7.81. The number of benzene rings is 1. The van der Waals surface area contributed by atoms with Crippen molar-refractivity contribution in [2.75, 3.05) is 6.26 Å². The number of rotatable bonds is 7. The molecule has 2 aromatic rings. The van der Waals surface area contributed by atoms with Crippen LogP contribution in [-0.4, -0.2) is 32.2 Å². The van der Waals surface area contributed by atoms with Crippen molar-refractivity contribution in [3.05, 3.63) is 51.4 Å². The Labute approximate surface area is 167 Å². The molecule has 0 atom stereocenters. The Bertz CT molecular complexity index is 1010. The van der Waals surface area contributed by atoms with E-state index in [2.05, 4.69) is 9.72 Å². The molecule has 0 spiro atoms. The van der Waals surface area contributed by atoms with E-state index >= 15 is 0 Å². The highest BCUT2D eigenvalue weighted by atomic mass is 35.5. The molecule has 7 nitrogen and oxygen atoms in total. The Balaban J connectivity index is 2.14. The van der Waals surface area contributed by atoms with E-state index < -0.39 is 39.8 Å². The fraction of sp³-hybridized carbons (Fsp3) is 0.200. The summed E-state index contributed by atoms with van der Waals surface area (Å²) in [5.41, 5.74) is -0.448. The molecule has 13 heteroatoms. The third-order valence-corrected chi connectivity index (χ3v) is 4.22. The van der Waals surface area contributed by atoms with E-state index in [0.29, 0.717) is 0 Å². The van der Waals surface area contributed by atoms with Crippen LogP contribution in [0.25, 0.3) is 0 Å². The van der Waals surface area contributed by atoms with Gasteiger partial charge in [-0.2, -0.15) is 8.78 Å². The average molecular weight is 459 g/mol. The van der Waals surface area contributed by atoms with Gasteiger partial charge in [-0.05, 0) is 12.1 Å². The maximum absolute atomic E-state index is 14.1. The Morgan fingerprint density at radius 1 is 1.25 bits per heavy atom. The summed E-state index contributed by atoms with van der Waals surface area (Å²) in [5, 5.41) is -0.306. The van der Waals surface area contributed by atoms with E-state index in [1.54, 1.807) is 4.72 Å². The minimum Gasteiger partial charge on any atom is -0.487 e. The van der Waals surface area contributed by atoms with Gasteiger partial charge < -0.3 is 9.47 Å². The van der Waals surface area contributed by atoms with Crippen molar-refractivity contribution >= 4 is 39.1 Å². The molecular formula is C15H11Cl2F3N2O5S. The van der Waals surface area contributed by atoms with Crippen molar-refractivity contribution in [2.45, 2.75) is 13.2 Å². The summed E-state index contributed by atoms with van der Waals surface area (Å²) in [4.78, 5) is 15.3. The molecule has 0 unspecified atom stereocenters. The predicted octanol–water partition coefficient (Wildman–Crippen LogP) is 3.40. The van der Waals surface area contributed by atoms with Gasteiger partial charge in [0.25, 0.3) is 5.91 Å². The van der Waals surface area contributed by atoms with Gasteiger partial charge >= 0.3 is 6.61 Å². The zero-order valence-electron chi connectivity index (χ0n) is 13.9. The molecule has 1 N–H and O–H groups in total. The fourth-order valence-corrected chi connectivity index (χ4v) is 2.78. The number of amides is 1. The summed E-state index contributed by atoms with van der Waals surface area (Å²) in [6.45, 7) is -3.38. The molecular weight excluding hydrogens is 448 g/mol. The number of halogens is 5. The monoisotopic (exact) mass is 458 g/mol. The topological polar surface area (TPSA) is 94.6 Å². The number of alkyl halides is 2. The van der Waals surface area contributed by atoms with Gasteiger partial charge in [0.05, 0.1) is 18.0 Å². The molecule has 0 aliphatic heterocycles. The normalized spacial score (nSPS) is 11.4. The fourth-order valence-electron chi connectivity index (χ4n) is 1.91. The van der Waals surface area contributed by atoms with Crippen LogP contribution in [0.3, 0.4) is 0 Å². The minimum absolute atomic E-state index is 0.0574. The molecule has 1 amide bonds. The van der Waals surface area contributed by atoms with Crippen LogP contribution in [0.1, 0.15) is 15.9 Å². The highest BCUT2D eigenvalue weighted by Crippen LogP contribution is 2.28. The Morgan fingerprint density at radius 3 is 2.50 bits per heavy atom. The molecule has 0 saturated carbocycles. The van der Waals surface area contributed by atoms with Gasteiger partial charge in [-0.3, -0.25) is 4.79 Å². The van der Waals surface area contributed by atoms with E-state index in [0.717, 1.165) is 30.7 Å². The molecule has 1 aromatic carbocycles. The van der Waals surface area contributed by atoms with Crippen molar-refractivity contribution in [3.8, 4) is 11.6 Å². The molecule has 0 bridgehead atoms. The SMILES string of the molecule is CS(=O)(=O)NC(=O)c1cc(Cl)c(COc2cnc(OC(F)F)c(Cl)c2)cc1F. The molecule has 0 aliphatic rings. The third-order valence-electron chi connectivity index (χ3n) is 3.04. The Morgan fingerprint density at radius 2 is 1.93 bits per heavy atom. The van der Waals surface area contributed by atoms with Crippen LogP contribution in [-0.2, 0) is 16.6 Å². The van der Waals surface area contributed by atoms with Gasteiger partial charge in [0.2, 0.25) is 15.9 Å². The van der Waals surface area contributed by atoms with Crippen LogP contribution in [0, 0.1) is 5.82 Å². The van der Waals surface area contributed by atoms with E-state index in [9.17, 15) is 26.4 Å². The van der Waals surface area contributed by atoms with Crippen LogP contribution in [0.4, 0.5) is 13.2 Å². The smallest absolute Gasteiger partial charge is 0.388 e. The first-order valence-corrected chi connectivity index (χ1v) is 9.84. The first-order valence-electron chi connectivity index (χ1n) is 7.19. The van der Waals surface area contributed by atoms with Gasteiger partial charge in [0, 0.05) is 16.7 Å². The summed E-state index contributed by atoms with van der Waals surface area (Å²) < 4.78 is 71.6. The summed E-state index contributed by atoms with van der Waals surface area (Å²) >= 11 is 11.7. The number of nitrogens with zero attached hydrogens (tertiary/aromatic N) is 1. The van der Waals surface area contributed by atoms with Crippen LogP contribution in [0.15, 0.2) is 24.4 Å². The van der Waals surface area contributed by atoms with Crippen LogP contribution in [0.2, 0.25) is 10.0 Å². The molecule has 1 heterocycles. The first kappa shape index (κ1) is 22.1. The number of ether oxygens (including phenoxy) is 2. The number of nitrogens with one attached hydrogen (secondary N) is 1. The highest BCUT2D eigenvalue weighted by Gasteiger charge is 2.18. The largest absolute Gasteiger partial charge is 0.487 e. The van der Waals surface area contributed by atoms with E-state index in [-0.39, 0.29) is 28.0 Å². The lowest BCUT2D eigenvalue weighted by molar-refractivity contribution is -0.0528. The zero-order chi connectivity index (χ0) is 21.1. The molecule has 28 heavy (non-hydrogen) atoms. The summed E-state index contributed by atoms with van der Waals surface area (Å²) in [6.07, 6.45) is 1.80. The van der Waals surface area contributed by atoms with Gasteiger partial charge in [-0.1, -0.05) is 23.2 Å². The number of carbonyl (C=O) groups is 1. The molecule has 2 rings (SSSR count). The van der Waals surface area contributed by atoms with Crippen molar-refractivity contribution in [1.29, 1.82) is 0 Å². The summed E-state index contributed by atoms with van der Waals surface area (Å²) in [7, 11) is -3.88. The lowest BCUT2D eigenvalue weighted by Crippen LogP contribution is -2.30. The number of carbonyl (C=O) groups excluding carboxylic acids is 1. The summed E-state index contributed by atoms with van der Waals surface area (Å²) in [6, 6.07) is 2.99. The number of pyridine rings is 1. The second kappa shape index (κ2) is 8.84. The van der Waals surface area contributed by atoms with Gasteiger partial charge in [0.15, 0.2) is 0 Å². The molecule has 0 saturated heterocycles. The van der Waals surface area contributed by atoms with E-state index in [4.69, 9.17) is 27.9 Å². The van der Waals surface area contributed by atoms with Crippen molar-refractivity contribution in [1.82, 2.24) is 9.71 Å². The second-order valence-electron chi connectivity index (χ2n) is 5.25. The lowest BCUT2D eigenvalue weighted by Gasteiger charge is -2.11. The van der Waals surface area contributed by atoms with Gasteiger partial charge in [-0.15, -0.1) is 0 Å². The van der Waals surface area contributed by atoms with E-state index in [1.165, 1.54) is 0 Å². The van der Waals surface area contributed by atoms with Crippen molar-refractivity contribution in [3.63, 3.8) is 0 Å². The number of aromatic nitrogens is 1. The lowest BCUT2D eigenvalue weighted by atomic mass is 10.1.